The fourth-order valence-corrected chi connectivity index (χ4v) is 2.14. The number of nitrogens with zero attached hydrogens (tertiary/aromatic N) is 2. The van der Waals surface area contributed by atoms with Crippen LogP contribution in [0.25, 0.3) is 0 Å². The molecule has 1 aromatic heterocycles. The zero-order chi connectivity index (χ0) is 11.3. The highest BCUT2D eigenvalue weighted by atomic mass is 32.1. The van der Waals surface area contributed by atoms with E-state index in [1.807, 2.05) is 0 Å². The second-order valence-electron chi connectivity index (χ2n) is 4.08. The highest BCUT2D eigenvalue weighted by Gasteiger charge is 2.11. The third-order valence-corrected chi connectivity index (χ3v) is 2.84. The molecule has 1 aromatic rings. The van der Waals surface area contributed by atoms with Gasteiger partial charge in [-0.3, -0.25) is 0 Å². The molecular formula is C10H20N4S. The van der Waals surface area contributed by atoms with Crippen molar-refractivity contribution in [3.8, 4) is 0 Å². The molecule has 0 amide bonds. The monoisotopic (exact) mass is 228 g/mol. The molecule has 5 heteroatoms. The van der Waals surface area contributed by atoms with Gasteiger partial charge >= 0.3 is 0 Å². The Morgan fingerprint density at radius 1 is 1.47 bits per heavy atom. The first kappa shape index (κ1) is 12.4. The van der Waals surface area contributed by atoms with Crippen molar-refractivity contribution in [3.05, 3.63) is 5.82 Å². The van der Waals surface area contributed by atoms with Crippen LogP contribution < -0.4 is 11.1 Å². The van der Waals surface area contributed by atoms with Crippen LogP contribution in [0.2, 0.25) is 0 Å². The molecule has 0 aliphatic rings. The smallest absolute Gasteiger partial charge is 0.202 e. The summed E-state index contributed by atoms with van der Waals surface area (Å²) in [6.45, 7) is 7.09. The molecule has 1 heterocycles. The van der Waals surface area contributed by atoms with Gasteiger partial charge in [-0.15, -0.1) is 0 Å². The molecule has 4 nitrogen and oxygen atoms in total. The van der Waals surface area contributed by atoms with Crippen LogP contribution in [0.15, 0.2) is 0 Å². The second kappa shape index (κ2) is 6.02. The van der Waals surface area contributed by atoms with Crippen LogP contribution in [0.5, 0.6) is 0 Å². The summed E-state index contributed by atoms with van der Waals surface area (Å²) in [5.74, 6) is 1.55. The van der Waals surface area contributed by atoms with Crippen molar-refractivity contribution in [2.24, 2.45) is 11.7 Å². The molecule has 0 aromatic carbocycles. The van der Waals surface area contributed by atoms with Crippen molar-refractivity contribution in [1.82, 2.24) is 9.36 Å². The van der Waals surface area contributed by atoms with Gasteiger partial charge in [0.1, 0.15) is 5.82 Å². The predicted molar refractivity (Wildman–Crippen MR) is 65.2 cm³/mol. The second-order valence-corrected chi connectivity index (χ2v) is 4.83. The van der Waals surface area contributed by atoms with Crippen LogP contribution in [-0.2, 0) is 6.42 Å². The third kappa shape index (κ3) is 4.13. The number of nitrogens with two attached hydrogens (primary N) is 1. The third-order valence-electron chi connectivity index (χ3n) is 2.15. The van der Waals surface area contributed by atoms with E-state index in [1.54, 1.807) is 0 Å². The van der Waals surface area contributed by atoms with Gasteiger partial charge < -0.3 is 11.1 Å². The Kier molecular flexibility index (Phi) is 4.98. The molecule has 0 fully saturated rings. The topological polar surface area (TPSA) is 63.8 Å². The van der Waals surface area contributed by atoms with E-state index in [2.05, 4.69) is 35.4 Å². The maximum absolute atomic E-state index is 5.70. The summed E-state index contributed by atoms with van der Waals surface area (Å²) < 4.78 is 4.23. The number of rotatable bonds is 6. The van der Waals surface area contributed by atoms with Gasteiger partial charge in [0.25, 0.3) is 0 Å². The molecule has 0 aliphatic heterocycles. The van der Waals surface area contributed by atoms with E-state index in [1.165, 1.54) is 11.5 Å². The predicted octanol–water partition coefficient (Wildman–Crippen LogP) is 1.89. The largest absolute Gasteiger partial charge is 0.356 e. The van der Waals surface area contributed by atoms with Crippen LogP contribution in [0.3, 0.4) is 0 Å². The Balaban J connectivity index is 2.50. The van der Waals surface area contributed by atoms with Crippen molar-refractivity contribution >= 4 is 16.7 Å². The van der Waals surface area contributed by atoms with Crippen LogP contribution in [0, 0.1) is 5.92 Å². The maximum atomic E-state index is 5.70. The Morgan fingerprint density at radius 2 is 2.20 bits per heavy atom. The lowest BCUT2D eigenvalue weighted by atomic mass is 10.0. The summed E-state index contributed by atoms with van der Waals surface area (Å²) >= 11 is 1.42. The number of hydrogen-bond acceptors (Lipinski definition) is 5. The first-order chi connectivity index (χ1) is 7.15. The fraction of sp³-hybridized carbons (Fsp3) is 0.800. The summed E-state index contributed by atoms with van der Waals surface area (Å²) in [6, 6.07) is 0.308. The van der Waals surface area contributed by atoms with E-state index in [9.17, 15) is 0 Å². The molecular weight excluding hydrogens is 208 g/mol. The average Bonchev–Trinajstić information content (AvgIpc) is 2.64. The molecule has 1 unspecified atom stereocenters. The highest BCUT2D eigenvalue weighted by Crippen LogP contribution is 2.15. The lowest BCUT2D eigenvalue weighted by Crippen LogP contribution is -2.30. The number of hydrogen-bond donors (Lipinski definition) is 2. The Bertz CT molecular complexity index is 285. The van der Waals surface area contributed by atoms with Gasteiger partial charge in [0.2, 0.25) is 5.13 Å². The lowest BCUT2D eigenvalue weighted by molar-refractivity contribution is 0.521. The quantitative estimate of drug-likeness (QED) is 0.780. The number of aromatic nitrogens is 2. The summed E-state index contributed by atoms with van der Waals surface area (Å²) in [7, 11) is 0. The van der Waals surface area contributed by atoms with Gasteiger partial charge in [0.15, 0.2) is 0 Å². The first-order valence-electron chi connectivity index (χ1n) is 5.44. The molecule has 86 valence electrons. The normalized spacial score (nSPS) is 13.1. The average molecular weight is 228 g/mol. The molecule has 3 N–H and O–H groups in total. The fourth-order valence-electron chi connectivity index (χ4n) is 1.41. The van der Waals surface area contributed by atoms with Gasteiger partial charge in [-0.05, 0) is 12.3 Å². The van der Waals surface area contributed by atoms with Gasteiger partial charge in [-0.1, -0.05) is 20.8 Å². The minimum atomic E-state index is 0.308. The number of anilines is 1. The summed E-state index contributed by atoms with van der Waals surface area (Å²) in [6.07, 6.45) is 1.95. The summed E-state index contributed by atoms with van der Waals surface area (Å²) in [5.41, 5.74) is 5.70. The Hall–Kier alpha value is -0.680. The zero-order valence-corrected chi connectivity index (χ0v) is 10.5. The van der Waals surface area contributed by atoms with Crippen molar-refractivity contribution in [3.63, 3.8) is 0 Å². The minimum Gasteiger partial charge on any atom is -0.356 e. The molecule has 1 rings (SSSR count). The maximum Gasteiger partial charge on any atom is 0.202 e. The molecule has 0 spiro atoms. The van der Waals surface area contributed by atoms with Crippen LogP contribution in [0.4, 0.5) is 5.13 Å². The molecule has 0 bridgehead atoms. The SMILES string of the molecule is CCc1nsc(NC(CN)CC(C)C)n1. The molecule has 1 atom stereocenters. The van der Waals surface area contributed by atoms with Crippen LogP contribution in [-0.4, -0.2) is 21.9 Å². The molecule has 0 aliphatic carbocycles. The van der Waals surface area contributed by atoms with Gasteiger partial charge in [0.05, 0.1) is 0 Å². The molecule has 0 radical (unpaired) electrons. The van der Waals surface area contributed by atoms with Gasteiger partial charge in [-0.25, -0.2) is 4.98 Å². The van der Waals surface area contributed by atoms with Crippen LogP contribution in [0.1, 0.15) is 33.0 Å². The molecule has 0 saturated heterocycles. The lowest BCUT2D eigenvalue weighted by Gasteiger charge is -2.17. The van der Waals surface area contributed by atoms with Crippen molar-refractivity contribution in [2.75, 3.05) is 11.9 Å². The van der Waals surface area contributed by atoms with Crippen molar-refractivity contribution < 1.29 is 0 Å². The molecule has 0 saturated carbocycles. The van der Waals surface area contributed by atoms with E-state index in [4.69, 9.17) is 5.73 Å². The van der Waals surface area contributed by atoms with Crippen molar-refractivity contribution in [1.29, 1.82) is 0 Å². The summed E-state index contributed by atoms with van der Waals surface area (Å²) in [4.78, 5) is 4.36. The first-order valence-corrected chi connectivity index (χ1v) is 6.22. The van der Waals surface area contributed by atoms with E-state index in [0.717, 1.165) is 23.8 Å². The van der Waals surface area contributed by atoms with E-state index in [0.29, 0.717) is 18.5 Å². The van der Waals surface area contributed by atoms with Crippen molar-refractivity contribution in [2.45, 2.75) is 39.7 Å². The molecule has 15 heavy (non-hydrogen) atoms. The standard InChI is InChI=1S/C10H20N4S/c1-4-9-13-10(15-14-9)12-8(6-11)5-7(2)3/h7-8H,4-6,11H2,1-3H3,(H,12,13,14). The van der Waals surface area contributed by atoms with E-state index < -0.39 is 0 Å². The highest BCUT2D eigenvalue weighted by molar-refractivity contribution is 7.09. The minimum absolute atomic E-state index is 0.308. The van der Waals surface area contributed by atoms with Gasteiger partial charge in [0, 0.05) is 30.5 Å². The van der Waals surface area contributed by atoms with E-state index in [-0.39, 0.29) is 0 Å². The van der Waals surface area contributed by atoms with E-state index >= 15 is 0 Å². The summed E-state index contributed by atoms with van der Waals surface area (Å²) in [5, 5.41) is 4.23. The van der Waals surface area contributed by atoms with Crippen LogP contribution >= 0.6 is 11.5 Å². The Labute approximate surface area is 95.5 Å². The van der Waals surface area contributed by atoms with Gasteiger partial charge in [-0.2, -0.15) is 4.37 Å². The Morgan fingerprint density at radius 3 is 2.67 bits per heavy atom. The zero-order valence-electron chi connectivity index (χ0n) is 9.66. The number of aryl methyl sites for hydroxylation is 1. The number of nitrogens with one attached hydrogen (secondary N) is 1.